The van der Waals surface area contributed by atoms with Gasteiger partial charge in [-0.2, -0.15) is 0 Å². The number of nitrogens with one attached hydrogen (secondary N) is 1. The van der Waals surface area contributed by atoms with Crippen LogP contribution in [0.4, 0.5) is 5.82 Å². The van der Waals surface area contributed by atoms with Crippen LogP contribution in [-0.2, 0) is 0 Å². The molecule has 0 saturated carbocycles. The van der Waals surface area contributed by atoms with E-state index in [0.717, 1.165) is 17.3 Å². The average molecular weight is 256 g/mol. The van der Waals surface area contributed by atoms with Crippen LogP contribution in [-0.4, -0.2) is 15.0 Å². The summed E-state index contributed by atoms with van der Waals surface area (Å²) in [4.78, 5) is 13.0. The summed E-state index contributed by atoms with van der Waals surface area (Å²) in [5.74, 6) is 2.08. The highest BCUT2D eigenvalue weighted by molar-refractivity contribution is 5.39. The van der Waals surface area contributed by atoms with Gasteiger partial charge in [-0.05, 0) is 31.5 Å². The molecule has 0 aliphatic carbocycles. The minimum absolute atomic E-state index is 0.192. The standard InChI is InChI=1S/C15H20N4/c1-10(2)15-17-11(3)9-14(19-15)18-12(4)13-5-7-16-8-6-13/h5-10,12H,1-4H3,(H,17,18,19). The van der Waals surface area contributed by atoms with Crippen molar-refractivity contribution in [1.82, 2.24) is 15.0 Å². The second-order valence-corrected chi connectivity index (χ2v) is 5.05. The molecule has 0 spiro atoms. The van der Waals surface area contributed by atoms with Gasteiger partial charge in [-0.3, -0.25) is 4.98 Å². The first-order chi connectivity index (χ1) is 9.06. The van der Waals surface area contributed by atoms with Gasteiger partial charge in [-0.15, -0.1) is 0 Å². The molecule has 2 rings (SSSR count). The van der Waals surface area contributed by atoms with E-state index < -0.39 is 0 Å². The Morgan fingerprint density at radius 2 is 1.74 bits per heavy atom. The minimum Gasteiger partial charge on any atom is -0.363 e. The van der Waals surface area contributed by atoms with Gasteiger partial charge >= 0.3 is 0 Å². The van der Waals surface area contributed by atoms with Gasteiger partial charge in [0.1, 0.15) is 11.6 Å². The lowest BCUT2D eigenvalue weighted by molar-refractivity contribution is 0.760. The number of hydrogen-bond acceptors (Lipinski definition) is 4. The van der Waals surface area contributed by atoms with Crippen LogP contribution in [0.1, 0.15) is 49.8 Å². The number of anilines is 1. The van der Waals surface area contributed by atoms with Gasteiger partial charge in [0.15, 0.2) is 0 Å². The van der Waals surface area contributed by atoms with Crippen molar-refractivity contribution < 1.29 is 0 Å². The van der Waals surface area contributed by atoms with E-state index in [9.17, 15) is 0 Å². The molecule has 100 valence electrons. The third kappa shape index (κ3) is 3.50. The summed E-state index contributed by atoms with van der Waals surface area (Å²) >= 11 is 0. The van der Waals surface area contributed by atoms with Crippen molar-refractivity contribution in [3.63, 3.8) is 0 Å². The van der Waals surface area contributed by atoms with Crippen molar-refractivity contribution in [2.45, 2.75) is 39.7 Å². The van der Waals surface area contributed by atoms with E-state index in [1.165, 1.54) is 5.56 Å². The molecule has 19 heavy (non-hydrogen) atoms. The second kappa shape index (κ2) is 5.78. The third-order valence-electron chi connectivity index (χ3n) is 2.96. The molecule has 4 heteroatoms. The fourth-order valence-electron chi connectivity index (χ4n) is 1.88. The van der Waals surface area contributed by atoms with Gasteiger partial charge in [-0.25, -0.2) is 9.97 Å². The lowest BCUT2D eigenvalue weighted by Crippen LogP contribution is -2.10. The fraction of sp³-hybridized carbons (Fsp3) is 0.400. The number of aryl methyl sites for hydroxylation is 1. The number of nitrogens with zero attached hydrogens (tertiary/aromatic N) is 3. The molecular weight excluding hydrogens is 236 g/mol. The molecule has 2 aromatic heterocycles. The maximum atomic E-state index is 4.56. The molecule has 0 aliphatic heterocycles. The molecule has 0 aliphatic rings. The Morgan fingerprint density at radius 3 is 2.37 bits per heavy atom. The van der Waals surface area contributed by atoms with E-state index in [-0.39, 0.29) is 6.04 Å². The predicted octanol–water partition coefficient (Wildman–Crippen LogP) is 3.48. The van der Waals surface area contributed by atoms with Gasteiger partial charge in [-0.1, -0.05) is 13.8 Å². The van der Waals surface area contributed by atoms with Crippen LogP contribution in [0.3, 0.4) is 0 Å². The normalized spacial score (nSPS) is 12.5. The molecule has 2 aromatic rings. The highest BCUT2D eigenvalue weighted by Crippen LogP contribution is 2.19. The Hall–Kier alpha value is -1.97. The van der Waals surface area contributed by atoms with Crippen molar-refractivity contribution >= 4 is 5.82 Å². The monoisotopic (exact) mass is 256 g/mol. The van der Waals surface area contributed by atoms with Crippen molar-refractivity contribution in [3.8, 4) is 0 Å². The molecule has 1 N–H and O–H groups in total. The van der Waals surface area contributed by atoms with Gasteiger partial charge in [0.25, 0.3) is 0 Å². The van der Waals surface area contributed by atoms with Gasteiger partial charge < -0.3 is 5.32 Å². The fourth-order valence-corrected chi connectivity index (χ4v) is 1.88. The third-order valence-corrected chi connectivity index (χ3v) is 2.96. The summed E-state index contributed by atoms with van der Waals surface area (Å²) in [5, 5.41) is 3.42. The van der Waals surface area contributed by atoms with E-state index in [1.54, 1.807) is 12.4 Å². The van der Waals surface area contributed by atoms with Crippen molar-refractivity contribution in [2.24, 2.45) is 0 Å². The van der Waals surface area contributed by atoms with Crippen LogP contribution in [0.25, 0.3) is 0 Å². The highest BCUT2D eigenvalue weighted by atomic mass is 15.0. The smallest absolute Gasteiger partial charge is 0.133 e. The average Bonchev–Trinajstić information content (AvgIpc) is 2.39. The quantitative estimate of drug-likeness (QED) is 0.910. The molecule has 2 heterocycles. The molecule has 1 unspecified atom stereocenters. The number of aromatic nitrogens is 3. The maximum absolute atomic E-state index is 4.56. The Morgan fingerprint density at radius 1 is 1.05 bits per heavy atom. The molecule has 0 saturated heterocycles. The maximum Gasteiger partial charge on any atom is 0.133 e. The van der Waals surface area contributed by atoms with Crippen molar-refractivity contribution in [1.29, 1.82) is 0 Å². The van der Waals surface area contributed by atoms with Crippen LogP contribution < -0.4 is 5.32 Å². The van der Waals surface area contributed by atoms with Gasteiger partial charge in [0.2, 0.25) is 0 Å². The predicted molar refractivity (Wildman–Crippen MR) is 77.1 cm³/mol. The van der Waals surface area contributed by atoms with Crippen LogP contribution in [0.2, 0.25) is 0 Å². The molecule has 0 amide bonds. The summed E-state index contributed by atoms with van der Waals surface area (Å²) in [6.45, 7) is 8.31. The van der Waals surface area contributed by atoms with Crippen LogP contribution in [0.5, 0.6) is 0 Å². The zero-order valence-electron chi connectivity index (χ0n) is 11.9. The van der Waals surface area contributed by atoms with E-state index in [4.69, 9.17) is 0 Å². The summed E-state index contributed by atoms with van der Waals surface area (Å²) < 4.78 is 0. The Balaban J connectivity index is 2.19. The first-order valence-corrected chi connectivity index (χ1v) is 6.58. The van der Waals surface area contributed by atoms with Gasteiger partial charge in [0, 0.05) is 30.1 Å². The summed E-state index contributed by atoms with van der Waals surface area (Å²) in [6.07, 6.45) is 3.61. The van der Waals surface area contributed by atoms with E-state index >= 15 is 0 Å². The molecule has 4 nitrogen and oxygen atoms in total. The zero-order chi connectivity index (χ0) is 13.8. The van der Waals surface area contributed by atoms with Gasteiger partial charge in [0.05, 0.1) is 6.04 Å². The van der Waals surface area contributed by atoms with E-state index in [2.05, 4.69) is 41.0 Å². The Labute approximate surface area is 114 Å². The SMILES string of the molecule is Cc1cc(NC(C)c2ccncc2)nc(C(C)C)n1. The molecule has 0 bridgehead atoms. The summed E-state index contributed by atoms with van der Waals surface area (Å²) in [7, 11) is 0. The zero-order valence-corrected chi connectivity index (χ0v) is 11.9. The lowest BCUT2D eigenvalue weighted by Gasteiger charge is -2.16. The number of rotatable bonds is 4. The molecule has 0 aromatic carbocycles. The minimum atomic E-state index is 0.192. The van der Waals surface area contributed by atoms with Crippen molar-refractivity contribution in [2.75, 3.05) is 5.32 Å². The number of pyridine rings is 1. The van der Waals surface area contributed by atoms with E-state index in [0.29, 0.717) is 5.92 Å². The molecular formula is C15H20N4. The van der Waals surface area contributed by atoms with Crippen molar-refractivity contribution in [3.05, 3.63) is 47.7 Å². The first kappa shape index (κ1) is 13.5. The topological polar surface area (TPSA) is 50.7 Å². The largest absolute Gasteiger partial charge is 0.363 e. The van der Waals surface area contributed by atoms with Crippen LogP contribution >= 0.6 is 0 Å². The van der Waals surface area contributed by atoms with E-state index in [1.807, 2.05) is 25.1 Å². The number of hydrogen-bond donors (Lipinski definition) is 1. The first-order valence-electron chi connectivity index (χ1n) is 6.58. The Bertz CT molecular complexity index is 537. The second-order valence-electron chi connectivity index (χ2n) is 5.05. The Kier molecular flexibility index (Phi) is 4.10. The summed E-state index contributed by atoms with van der Waals surface area (Å²) in [5.41, 5.74) is 2.18. The molecule has 0 fully saturated rings. The van der Waals surface area contributed by atoms with Crippen LogP contribution in [0, 0.1) is 6.92 Å². The van der Waals surface area contributed by atoms with Crippen LogP contribution in [0.15, 0.2) is 30.6 Å². The summed E-state index contributed by atoms with van der Waals surface area (Å²) in [6, 6.07) is 6.19. The molecule has 1 atom stereocenters. The lowest BCUT2D eigenvalue weighted by atomic mass is 10.1. The highest BCUT2D eigenvalue weighted by Gasteiger charge is 2.09. The molecule has 0 radical (unpaired) electrons.